The van der Waals surface area contributed by atoms with Crippen LogP contribution in [-0.2, 0) is 11.2 Å². The van der Waals surface area contributed by atoms with Gasteiger partial charge in [0.2, 0.25) is 5.88 Å². The molecule has 0 aliphatic rings. The lowest BCUT2D eigenvalue weighted by Crippen LogP contribution is -2.30. The Bertz CT molecular complexity index is 324. The van der Waals surface area contributed by atoms with E-state index in [1.54, 1.807) is 19.4 Å². The molecular weight excluding hydrogens is 196 g/mol. The smallest absolute Gasteiger partial charge is 0.320 e. The first-order chi connectivity index (χ1) is 7.13. The van der Waals surface area contributed by atoms with Gasteiger partial charge in [0.05, 0.1) is 7.11 Å². The van der Waals surface area contributed by atoms with Gasteiger partial charge < -0.3 is 15.6 Å². The van der Waals surface area contributed by atoms with E-state index in [9.17, 15) is 4.79 Å². The lowest BCUT2D eigenvalue weighted by molar-refractivity contribution is -0.138. The Kier molecular flexibility index (Phi) is 4.05. The molecule has 0 radical (unpaired) electrons. The number of nitrogens with two attached hydrogens (primary N) is 1. The minimum absolute atomic E-state index is 0.406. The largest absolute Gasteiger partial charge is 0.481 e. The number of aryl methyl sites for hydroxylation is 1. The molecule has 3 N–H and O–H groups in total. The van der Waals surface area contributed by atoms with E-state index in [1.165, 1.54) is 0 Å². The lowest BCUT2D eigenvalue weighted by atomic mass is 10.1. The number of hydrogen-bond donors (Lipinski definition) is 2. The molecule has 82 valence electrons. The number of rotatable bonds is 5. The van der Waals surface area contributed by atoms with Gasteiger partial charge in [-0.1, -0.05) is 6.07 Å². The Morgan fingerprint density at radius 3 is 2.87 bits per heavy atom. The molecule has 0 amide bonds. The maximum atomic E-state index is 10.5. The second kappa shape index (κ2) is 5.31. The van der Waals surface area contributed by atoms with E-state index in [0.717, 1.165) is 5.56 Å². The Hall–Kier alpha value is -1.62. The van der Waals surface area contributed by atoms with Gasteiger partial charge in [-0.05, 0) is 18.4 Å². The predicted molar refractivity (Wildman–Crippen MR) is 54.7 cm³/mol. The average Bonchev–Trinajstić information content (AvgIpc) is 2.26. The van der Waals surface area contributed by atoms with Crippen LogP contribution in [0.2, 0.25) is 0 Å². The van der Waals surface area contributed by atoms with Crippen LogP contribution < -0.4 is 10.5 Å². The predicted octanol–water partition coefficient (Wildman–Crippen LogP) is 0.435. The standard InChI is InChI=1S/C10H14N2O3/c1-15-9-5-3-7(6-12-9)2-4-8(11)10(13)14/h3,5-6,8H,2,4,11H2,1H3,(H,13,14). The molecule has 0 saturated carbocycles. The highest BCUT2D eigenvalue weighted by atomic mass is 16.5. The van der Waals surface area contributed by atoms with Crippen LogP contribution in [0.5, 0.6) is 5.88 Å². The van der Waals surface area contributed by atoms with E-state index >= 15 is 0 Å². The van der Waals surface area contributed by atoms with E-state index in [4.69, 9.17) is 15.6 Å². The number of pyridine rings is 1. The molecule has 1 atom stereocenters. The third-order valence-electron chi connectivity index (χ3n) is 2.07. The molecule has 0 aliphatic heterocycles. The van der Waals surface area contributed by atoms with Gasteiger partial charge in [-0.2, -0.15) is 0 Å². The molecule has 1 heterocycles. The van der Waals surface area contributed by atoms with Gasteiger partial charge in [-0.3, -0.25) is 4.79 Å². The number of aliphatic carboxylic acids is 1. The molecule has 0 spiro atoms. The highest BCUT2D eigenvalue weighted by Gasteiger charge is 2.10. The normalized spacial score (nSPS) is 12.1. The fraction of sp³-hybridized carbons (Fsp3) is 0.400. The molecule has 5 nitrogen and oxygen atoms in total. The maximum Gasteiger partial charge on any atom is 0.320 e. The highest BCUT2D eigenvalue weighted by Crippen LogP contribution is 2.09. The van der Waals surface area contributed by atoms with E-state index < -0.39 is 12.0 Å². The molecule has 0 aromatic carbocycles. The summed E-state index contributed by atoms with van der Waals surface area (Å²) in [5, 5.41) is 8.58. The van der Waals surface area contributed by atoms with Crippen LogP contribution in [0.3, 0.4) is 0 Å². The molecule has 0 saturated heterocycles. The first-order valence-corrected chi connectivity index (χ1v) is 4.61. The summed E-state index contributed by atoms with van der Waals surface area (Å²) in [5.74, 6) is -0.433. The van der Waals surface area contributed by atoms with Crippen LogP contribution in [0.1, 0.15) is 12.0 Å². The van der Waals surface area contributed by atoms with Crippen LogP contribution in [0, 0.1) is 0 Å². The van der Waals surface area contributed by atoms with Gasteiger partial charge in [0.25, 0.3) is 0 Å². The monoisotopic (exact) mass is 210 g/mol. The fourth-order valence-electron chi connectivity index (χ4n) is 1.13. The number of aromatic nitrogens is 1. The van der Waals surface area contributed by atoms with Gasteiger partial charge >= 0.3 is 5.97 Å². The summed E-state index contributed by atoms with van der Waals surface area (Å²) in [6.45, 7) is 0. The summed E-state index contributed by atoms with van der Waals surface area (Å²) in [4.78, 5) is 14.5. The lowest BCUT2D eigenvalue weighted by Gasteiger charge is -2.06. The van der Waals surface area contributed by atoms with Crippen molar-refractivity contribution in [2.75, 3.05) is 7.11 Å². The van der Waals surface area contributed by atoms with Gasteiger partial charge in [0.1, 0.15) is 6.04 Å². The molecule has 1 unspecified atom stereocenters. The third-order valence-corrected chi connectivity index (χ3v) is 2.07. The van der Waals surface area contributed by atoms with Gasteiger partial charge in [0.15, 0.2) is 0 Å². The minimum Gasteiger partial charge on any atom is -0.481 e. The second-order valence-corrected chi connectivity index (χ2v) is 3.19. The molecule has 0 aliphatic carbocycles. The molecule has 0 fully saturated rings. The van der Waals surface area contributed by atoms with Crippen LogP contribution in [-0.4, -0.2) is 29.2 Å². The second-order valence-electron chi connectivity index (χ2n) is 3.19. The fourth-order valence-corrected chi connectivity index (χ4v) is 1.13. The van der Waals surface area contributed by atoms with E-state index in [1.807, 2.05) is 6.07 Å². The van der Waals surface area contributed by atoms with Crippen LogP contribution in [0.15, 0.2) is 18.3 Å². The van der Waals surface area contributed by atoms with Crippen molar-refractivity contribution in [1.29, 1.82) is 0 Å². The Morgan fingerprint density at radius 2 is 2.40 bits per heavy atom. The zero-order valence-corrected chi connectivity index (χ0v) is 8.51. The Labute approximate surface area is 87.9 Å². The number of carbonyl (C=O) groups is 1. The molecular formula is C10H14N2O3. The van der Waals surface area contributed by atoms with E-state index in [-0.39, 0.29) is 0 Å². The molecule has 15 heavy (non-hydrogen) atoms. The van der Waals surface area contributed by atoms with Gasteiger partial charge in [-0.25, -0.2) is 4.98 Å². The average molecular weight is 210 g/mol. The zero-order valence-electron chi connectivity index (χ0n) is 8.51. The van der Waals surface area contributed by atoms with E-state index in [2.05, 4.69) is 4.98 Å². The van der Waals surface area contributed by atoms with Crippen molar-refractivity contribution < 1.29 is 14.6 Å². The first kappa shape index (κ1) is 11.5. The van der Waals surface area contributed by atoms with Crippen LogP contribution in [0.25, 0.3) is 0 Å². The summed E-state index contributed by atoms with van der Waals surface area (Å²) in [6, 6.07) is 2.77. The molecule has 0 bridgehead atoms. The van der Waals surface area contributed by atoms with Crippen molar-refractivity contribution >= 4 is 5.97 Å². The van der Waals surface area contributed by atoms with Crippen LogP contribution in [0.4, 0.5) is 0 Å². The van der Waals surface area contributed by atoms with Gasteiger partial charge in [0, 0.05) is 12.3 Å². The number of ether oxygens (including phenoxy) is 1. The minimum atomic E-state index is -0.975. The zero-order chi connectivity index (χ0) is 11.3. The quantitative estimate of drug-likeness (QED) is 0.736. The first-order valence-electron chi connectivity index (χ1n) is 4.61. The maximum absolute atomic E-state index is 10.5. The number of carboxylic acids is 1. The molecule has 1 aromatic rings. The molecule has 1 rings (SSSR count). The van der Waals surface area contributed by atoms with Crippen molar-refractivity contribution in [3.63, 3.8) is 0 Å². The SMILES string of the molecule is COc1ccc(CCC(N)C(=O)O)cn1. The third kappa shape index (κ3) is 3.55. The Balaban J connectivity index is 2.47. The number of methoxy groups -OCH3 is 1. The molecule has 1 aromatic heterocycles. The summed E-state index contributed by atoms with van der Waals surface area (Å²) in [6.07, 6.45) is 2.67. The Morgan fingerprint density at radius 1 is 1.67 bits per heavy atom. The van der Waals surface area contributed by atoms with Crippen molar-refractivity contribution in [2.24, 2.45) is 5.73 Å². The van der Waals surface area contributed by atoms with Crippen molar-refractivity contribution in [2.45, 2.75) is 18.9 Å². The van der Waals surface area contributed by atoms with Crippen LogP contribution >= 0.6 is 0 Å². The number of carboxylic acid groups (broad SMARTS) is 1. The summed E-state index contributed by atoms with van der Waals surface area (Å²) in [7, 11) is 1.54. The van der Waals surface area contributed by atoms with E-state index in [0.29, 0.717) is 18.7 Å². The number of nitrogens with zero attached hydrogens (tertiary/aromatic N) is 1. The van der Waals surface area contributed by atoms with Crippen molar-refractivity contribution in [3.05, 3.63) is 23.9 Å². The molecule has 5 heteroatoms. The summed E-state index contributed by atoms with van der Waals surface area (Å²) >= 11 is 0. The highest BCUT2D eigenvalue weighted by molar-refractivity contribution is 5.73. The topological polar surface area (TPSA) is 85.4 Å². The summed E-state index contributed by atoms with van der Waals surface area (Å²) in [5.41, 5.74) is 6.33. The summed E-state index contributed by atoms with van der Waals surface area (Å²) < 4.78 is 4.90. The van der Waals surface area contributed by atoms with Gasteiger partial charge in [-0.15, -0.1) is 0 Å². The van der Waals surface area contributed by atoms with Crippen molar-refractivity contribution in [1.82, 2.24) is 4.98 Å². The van der Waals surface area contributed by atoms with Crippen molar-refractivity contribution in [3.8, 4) is 5.88 Å². The number of hydrogen-bond acceptors (Lipinski definition) is 4.